The number of anilines is 2. The molecule has 0 aromatic heterocycles. The van der Waals surface area contributed by atoms with Gasteiger partial charge in [-0.25, -0.2) is 4.90 Å². The number of nitrogens with one attached hydrogen (secondary N) is 1. The standard InChI is InChI=1S/C34H29N3O5/c1-2-42-28(38)20-36-27-17-9-8-16-24(27)34(33(36)41)30-29(25(35-34)19-21-11-4-3-5-12-21)31(39)37(32(30)40)26-18-10-14-22-13-6-7-15-23(22)26/h3-18,25,29-30,35H,2,19-20H2,1H3. The van der Waals surface area contributed by atoms with Crippen LogP contribution in [0.5, 0.6) is 0 Å². The molecule has 210 valence electrons. The zero-order valence-electron chi connectivity index (χ0n) is 23.0. The summed E-state index contributed by atoms with van der Waals surface area (Å²) in [4.78, 5) is 58.8. The molecule has 7 rings (SSSR count). The van der Waals surface area contributed by atoms with E-state index < -0.39 is 41.2 Å². The van der Waals surface area contributed by atoms with Gasteiger partial charge in [0, 0.05) is 22.7 Å². The maximum Gasteiger partial charge on any atom is 0.326 e. The second-order valence-corrected chi connectivity index (χ2v) is 11.0. The molecule has 0 saturated carbocycles. The first-order chi connectivity index (χ1) is 20.5. The SMILES string of the molecule is CCOC(=O)CN1C(=O)C2(NC(Cc3ccccc3)C3C(=O)N(c4cccc5ccccc45)C(=O)C32)c2ccccc21. The lowest BCUT2D eigenvalue weighted by atomic mass is 9.76. The van der Waals surface area contributed by atoms with Crippen molar-refractivity contribution in [1.82, 2.24) is 5.32 Å². The second-order valence-electron chi connectivity index (χ2n) is 11.0. The Hall–Kier alpha value is -4.82. The number of amides is 3. The number of benzene rings is 4. The minimum atomic E-state index is -1.51. The van der Waals surface area contributed by atoms with Crippen LogP contribution in [0.25, 0.3) is 10.8 Å². The number of para-hydroxylation sites is 1. The molecular weight excluding hydrogens is 530 g/mol. The van der Waals surface area contributed by atoms with E-state index in [1.807, 2.05) is 78.9 Å². The van der Waals surface area contributed by atoms with Gasteiger partial charge in [-0.3, -0.25) is 29.4 Å². The molecule has 2 fully saturated rings. The van der Waals surface area contributed by atoms with E-state index in [-0.39, 0.29) is 19.1 Å². The van der Waals surface area contributed by atoms with Crippen LogP contribution < -0.4 is 15.1 Å². The summed E-state index contributed by atoms with van der Waals surface area (Å²) in [5.41, 5.74) is 1.10. The number of esters is 1. The summed E-state index contributed by atoms with van der Waals surface area (Å²) in [6.45, 7) is 1.60. The van der Waals surface area contributed by atoms with E-state index in [9.17, 15) is 19.2 Å². The van der Waals surface area contributed by atoms with E-state index in [4.69, 9.17) is 4.74 Å². The second kappa shape index (κ2) is 9.92. The smallest absolute Gasteiger partial charge is 0.326 e. The van der Waals surface area contributed by atoms with Gasteiger partial charge in [0.15, 0.2) is 0 Å². The van der Waals surface area contributed by atoms with Gasteiger partial charge in [0.1, 0.15) is 12.1 Å². The van der Waals surface area contributed by atoms with Gasteiger partial charge in [0.05, 0.1) is 24.1 Å². The molecule has 4 unspecified atom stereocenters. The molecule has 2 saturated heterocycles. The number of carbonyl (C=O) groups excluding carboxylic acids is 4. The molecule has 3 aliphatic heterocycles. The first-order valence-corrected chi connectivity index (χ1v) is 14.2. The molecule has 3 aliphatic rings. The lowest BCUT2D eigenvalue weighted by molar-refractivity contribution is -0.142. The van der Waals surface area contributed by atoms with Crippen molar-refractivity contribution in [1.29, 1.82) is 0 Å². The van der Waals surface area contributed by atoms with Crippen LogP contribution in [0, 0.1) is 11.8 Å². The van der Waals surface area contributed by atoms with E-state index in [0.29, 0.717) is 23.4 Å². The van der Waals surface area contributed by atoms with Gasteiger partial charge < -0.3 is 4.74 Å². The van der Waals surface area contributed by atoms with Crippen LogP contribution in [0.4, 0.5) is 11.4 Å². The Labute approximate surface area is 242 Å². The molecule has 42 heavy (non-hydrogen) atoms. The first kappa shape index (κ1) is 26.1. The average Bonchev–Trinajstić information content (AvgIpc) is 3.56. The van der Waals surface area contributed by atoms with Crippen LogP contribution in [0.3, 0.4) is 0 Å². The van der Waals surface area contributed by atoms with Gasteiger partial charge >= 0.3 is 5.97 Å². The average molecular weight is 560 g/mol. The van der Waals surface area contributed by atoms with E-state index >= 15 is 0 Å². The fourth-order valence-corrected chi connectivity index (χ4v) is 7.12. The highest BCUT2D eigenvalue weighted by molar-refractivity contribution is 6.28. The van der Waals surface area contributed by atoms with Crippen molar-refractivity contribution >= 4 is 45.8 Å². The Bertz CT molecular complexity index is 1750. The molecule has 3 amide bonds. The maximum atomic E-state index is 14.6. The highest BCUT2D eigenvalue weighted by atomic mass is 16.5. The minimum absolute atomic E-state index is 0.183. The van der Waals surface area contributed by atoms with E-state index in [1.165, 1.54) is 9.80 Å². The van der Waals surface area contributed by atoms with Gasteiger partial charge in [0.2, 0.25) is 11.8 Å². The summed E-state index contributed by atoms with van der Waals surface area (Å²) in [7, 11) is 0. The maximum absolute atomic E-state index is 14.6. The number of imide groups is 1. The molecule has 1 spiro atoms. The fraction of sp³-hybridized carbons (Fsp3) is 0.235. The normalized spacial score (nSPS) is 24.5. The Morgan fingerprint density at radius 3 is 2.33 bits per heavy atom. The third-order valence-corrected chi connectivity index (χ3v) is 8.76. The summed E-state index contributed by atoms with van der Waals surface area (Å²) >= 11 is 0. The number of nitrogens with zero attached hydrogens (tertiary/aromatic N) is 2. The molecule has 4 atom stereocenters. The number of carbonyl (C=O) groups is 4. The number of ether oxygens (including phenoxy) is 1. The summed E-state index contributed by atoms with van der Waals surface area (Å²) in [6.07, 6.45) is 0.444. The van der Waals surface area contributed by atoms with Crippen molar-refractivity contribution in [2.75, 3.05) is 23.0 Å². The third-order valence-electron chi connectivity index (χ3n) is 8.76. The molecule has 4 aromatic rings. The van der Waals surface area contributed by atoms with Gasteiger partial charge in [0.25, 0.3) is 5.91 Å². The monoisotopic (exact) mass is 559 g/mol. The number of rotatable bonds is 6. The van der Waals surface area contributed by atoms with Crippen molar-refractivity contribution in [3.63, 3.8) is 0 Å². The molecule has 0 bridgehead atoms. The van der Waals surface area contributed by atoms with E-state index in [1.54, 1.807) is 25.1 Å². The van der Waals surface area contributed by atoms with Gasteiger partial charge in [-0.15, -0.1) is 0 Å². The largest absolute Gasteiger partial charge is 0.465 e. The fourth-order valence-electron chi connectivity index (χ4n) is 7.12. The van der Waals surface area contributed by atoms with Gasteiger partial charge in [-0.1, -0.05) is 84.9 Å². The molecule has 3 heterocycles. The quantitative estimate of drug-likeness (QED) is 0.284. The van der Waals surface area contributed by atoms with Crippen LogP contribution in [0.15, 0.2) is 97.1 Å². The molecule has 0 radical (unpaired) electrons. The summed E-state index contributed by atoms with van der Waals surface area (Å²) < 4.78 is 5.18. The van der Waals surface area contributed by atoms with Crippen LogP contribution in [-0.2, 0) is 35.9 Å². The highest BCUT2D eigenvalue weighted by Gasteiger charge is 2.71. The Morgan fingerprint density at radius 2 is 1.52 bits per heavy atom. The van der Waals surface area contributed by atoms with Crippen LogP contribution in [0.2, 0.25) is 0 Å². The Morgan fingerprint density at radius 1 is 0.833 bits per heavy atom. The highest BCUT2D eigenvalue weighted by Crippen LogP contribution is 2.55. The number of hydrogen-bond acceptors (Lipinski definition) is 6. The Balaban J connectivity index is 1.39. The van der Waals surface area contributed by atoms with E-state index in [0.717, 1.165) is 16.3 Å². The van der Waals surface area contributed by atoms with Crippen molar-refractivity contribution in [3.8, 4) is 0 Å². The number of fused-ring (bicyclic) bond motifs is 5. The molecular formula is C34H29N3O5. The Kier molecular flexibility index (Phi) is 6.17. The predicted octanol–water partition coefficient (Wildman–Crippen LogP) is 3.97. The van der Waals surface area contributed by atoms with Gasteiger partial charge in [-0.2, -0.15) is 0 Å². The summed E-state index contributed by atoms with van der Waals surface area (Å²) in [6, 6.07) is 29.6. The molecule has 8 nitrogen and oxygen atoms in total. The van der Waals surface area contributed by atoms with Crippen molar-refractivity contribution in [3.05, 3.63) is 108 Å². The summed E-state index contributed by atoms with van der Waals surface area (Å²) in [5.74, 6) is -3.52. The zero-order chi connectivity index (χ0) is 29.0. The lowest BCUT2D eigenvalue weighted by Crippen LogP contribution is -2.56. The zero-order valence-corrected chi connectivity index (χ0v) is 23.0. The lowest BCUT2D eigenvalue weighted by Gasteiger charge is -2.30. The van der Waals surface area contributed by atoms with Crippen LogP contribution in [-0.4, -0.2) is 42.9 Å². The van der Waals surface area contributed by atoms with Crippen molar-refractivity contribution in [2.45, 2.75) is 24.9 Å². The summed E-state index contributed by atoms with van der Waals surface area (Å²) in [5, 5.41) is 5.21. The third kappa shape index (κ3) is 3.72. The molecule has 1 N–H and O–H groups in total. The van der Waals surface area contributed by atoms with Crippen molar-refractivity contribution in [2.24, 2.45) is 11.8 Å². The topological polar surface area (TPSA) is 96.0 Å². The van der Waals surface area contributed by atoms with E-state index in [2.05, 4.69) is 5.32 Å². The van der Waals surface area contributed by atoms with Crippen LogP contribution in [0.1, 0.15) is 18.1 Å². The van der Waals surface area contributed by atoms with Crippen molar-refractivity contribution < 1.29 is 23.9 Å². The minimum Gasteiger partial charge on any atom is -0.465 e. The molecule has 0 aliphatic carbocycles. The number of hydrogen-bond donors (Lipinski definition) is 1. The van der Waals surface area contributed by atoms with Crippen LogP contribution >= 0.6 is 0 Å². The van der Waals surface area contributed by atoms with Gasteiger partial charge in [-0.05, 0) is 36.4 Å². The first-order valence-electron chi connectivity index (χ1n) is 14.2. The molecule has 8 heteroatoms. The predicted molar refractivity (Wildman–Crippen MR) is 158 cm³/mol. The molecule has 4 aromatic carbocycles.